The number of carbonyl (C=O) groups excluding carboxylic acids is 1. The van der Waals surface area contributed by atoms with Crippen LogP contribution in [0.5, 0.6) is 5.75 Å². The summed E-state index contributed by atoms with van der Waals surface area (Å²) < 4.78 is 5.50. The first-order valence-corrected chi connectivity index (χ1v) is 6.55. The number of rotatable bonds is 8. The highest BCUT2D eigenvalue weighted by molar-refractivity contribution is 5.84. The quantitative estimate of drug-likeness (QED) is 0.708. The fraction of sp³-hybridized carbons (Fsp3) is 0.400. The summed E-state index contributed by atoms with van der Waals surface area (Å²) in [7, 11) is 0. The lowest BCUT2D eigenvalue weighted by molar-refractivity contribution is -0.121. The Kier molecular flexibility index (Phi) is 6.50. The van der Waals surface area contributed by atoms with Crippen molar-refractivity contribution in [2.45, 2.75) is 26.3 Å². The predicted octanol–water partition coefficient (Wildman–Crippen LogP) is 2.58. The van der Waals surface area contributed by atoms with Gasteiger partial charge < -0.3 is 15.4 Å². The number of hydrogen-bond acceptors (Lipinski definition) is 3. The molecule has 0 bridgehead atoms. The second-order valence-corrected chi connectivity index (χ2v) is 4.27. The molecule has 4 heteroatoms. The fourth-order valence-corrected chi connectivity index (χ4v) is 1.51. The molecular weight excluding hydrogens is 240 g/mol. The van der Waals surface area contributed by atoms with Crippen molar-refractivity contribution in [3.05, 3.63) is 36.9 Å². The first-order chi connectivity index (χ1) is 9.17. The average Bonchev–Trinajstić information content (AvgIpc) is 2.43. The van der Waals surface area contributed by atoms with Gasteiger partial charge in [-0.05, 0) is 37.6 Å². The zero-order chi connectivity index (χ0) is 14.1. The molecule has 0 fully saturated rings. The summed E-state index contributed by atoms with van der Waals surface area (Å²) in [6, 6.07) is 7.31. The summed E-state index contributed by atoms with van der Waals surface area (Å²) >= 11 is 0. The van der Waals surface area contributed by atoms with E-state index in [0.29, 0.717) is 13.2 Å². The van der Waals surface area contributed by atoms with Crippen LogP contribution in [0.1, 0.15) is 20.3 Å². The number of ether oxygens (including phenoxy) is 1. The Hall–Kier alpha value is -1.97. The molecule has 2 N–H and O–H groups in total. The Morgan fingerprint density at radius 3 is 2.68 bits per heavy atom. The third-order valence-electron chi connectivity index (χ3n) is 2.52. The summed E-state index contributed by atoms with van der Waals surface area (Å²) in [5, 5.41) is 5.88. The molecule has 1 rings (SSSR count). The highest BCUT2D eigenvalue weighted by Gasteiger charge is 2.11. The van der Waals surface area contributed by atoms with Crippen molar-refractivity contribution < 1.29 is 9.53 Å². The molecule has 0 radical (unpaired) electrons. The standard InChI is InChI=1S/C15H22N2O2/c1-4-10-16-15(18)12(3)17-13-6-8-14(9-7-13)19-11-5-2/h4,6-9,12,17H,1,5,10-11H2,2-3H3,(H,16,18). The Balaban J connectivity index is 2.47. The van der Waals surface area contributed by atoms with Crippen LogP contribution in [-0.4, -0.2) is 25.1 Å². The normalized spacial score (nSPS) is 11.5. The molecular formula is C15H22N2O2. The molecule has 0 aliphatic rings. The number of nitrogens with one attached hydrogen (secondary N) is 2. The third-order valence-corrected chi connectivity index (χ3v) is 2.52. The molecule has 1 atom stereocenters. The van der Waals surface area contributed by atoms with Gasteiger partial charge >= 0.3 is 0 Å². The molecule has 19 heavy (non-hydrogen) atoms. The molecule has 1 aromatic rings. The van der Waals surface area contributed by atoms with Gasteiger partial charge in [-0.25, -0.2) is 0 Å². The smallest absolute Gasteiger partial charge is 0.242 e. The van der Waals surface area contributed by atoms with Crippen LogP contribution in [0.25, 0.3) is 0 Å². The van der Waals surface area contributed by atoms with Crippen LogP contribution in [0, 0.1) is 0 Å². The summed E-state index contributed by atoms with van der Waals surface area (Å²) in [5.74, 6) is 0.794. The van der Waals surface area contributed by atoms with Crippen molar-refractivity contribution in [3.8, 4) is 5.75 Å². The van der Waals surface area contributed by atoms with E-state index in [-0.39, 0.29) is 11.9 Å². The largest absolute Gasteiger partial charge is 0.494 e. The SMILES string of the molecule is C=CCNC(=O)C(C)Nc1ccc(OCCC)cc1. The minimum atomic E-state index is -0.289. The van der Waals surface area contributed by atoms with Gasteiger partial charge in [0.15, 0.2) is 0 Å². The number of carbonyl (C=O) groups is 1. The number of amides is 1. The van der Waals surface area contributed by atoms with Gasteiger partial charge in [0.1, 0.15) is 11.8 Å². The van der Waals surface area contributed by atoms with E-state index in [0.717, 1.165) is 17.9 Å². The van der Waals surface area contributed by atoms with Crippen LogP contribution in [0.3, 0.4) is 0 Å². The second-order valence-electron chi connectivity index (χ2n) is 4.27. The predicted molar refractivity (Wildman–Crippen MR) is 78.5 cm³/mol. The maximum atomic E-state index is 11.7. The van der Waals surface area contributed by atoms with Crippen LogP contribution < -0.4 is 15.4 Å². The first-order valence-electron chi connectivity index (χ1n) is 6.55. The zero-order valence-electron chi connectivity index (χ0n) is 11.6. The molecule has 0 aliphatic heterocycles. The van der Waals surface area contributed by atoms with E-state index in [4.69, 9.17) is 4.74 Å². The Morgan fingerprint density at radius 2 is 2.11 bits per heavy atom. The maximum absolute atomic E-state index is 11.7. The van der Waals surface area contributed by atoms with Crippen LogP contribution in [0.4, 0.5) is 5.69 Å². The van der Waals surface area contributed by atoms with Crippen molar-refractivity contribution in [2.75, 3.05) is 18.5 Å². The van der Waals surface area contributed by atoms with Crippen LogP contribution >= 0.6 is 0 Å². The molecule has 1 amide bonds. The van der Waals surface area contributed by atoms with Gasteiger partial charge in [0.05, 0.1) is 6.61 Å². The summed E-state index contributed by atoms with van der Waals surface area (Å²) in [6.45, 7) is 8.65. The summed E-state index contributed by atoms with van der Waals surface area (Å²) in [5.41, 5.74) is 0.894. The van der Waals surface area contributed by atoms with Crippen molar-refractivity contribution in [1.82, 2.24) is 5.32 Å². The highest BCUT2D eigenvalue weighted by Crippen LogP contribution is 2.16. The van der Waals surface area contributed by atoms with Gasteiger partial charge in [0.25, 0.3) is 0 Å². The molecule has 104 valence electrons. The molecule has 0 aromatic heterocycles. The molecule has 0 heterocycles. The Bertz CT molecular complexity index is 401. The third kappa shape index (κ3) is 5.46. The van der Waals surface area contributed by atoms with Crippen LogP contribution in [-0.2, 0) is 4.79 Å². The number of anilines is 1. The monoisotopic (exact) mass is 262 g/mol. The van der Waals surface area contributed by atoms with Gasteiger partial charge in [-0.3, -0.25) is 4.79 Å². The molecule has 1 aromatic carbocycles. The van der Waals surface area contributed by atoms with E-state index in [2.05, 4.69) is 24.1 Å². The first kappa shape index (κ1) is 15.1. The topological polar surface area (TPSA) is 50.4 Å². The lowest BCUT2D eigenvalue weighted by Gasteiger charge is -2.15. The lowest BCUT2D eigenvalue weighted by atomic mass is 10.2. The van der Waals surface area contributed by atoms with E-state index in [1.54, 1.807) is 6.08 Å². The minimum absolute atomic E-state index is 0.0498. The van der Waals surface area contributed by atoms with Crippen molar-refractivity contribution >= 4 is 11.6 Å². The van der Waals surface area contributed by atoms with Crippen LogP contribution in [0.15, 0.2) is 36.9 Å². The average molecular weight is 262 g/mol. The summed E-state index contributed by atoms with van der Waals surface area (Å²) in [6.07, 6.45) is 2.64. The number of benzene rings is 1. The fourth-order valence-electron chi connectivity index (χ4n) is 1.51. The van der Waals surface area contributed by atoms with E-state index in [1.165, 1.54) is 0 Å². The van der Waals surface area contributed by atoms with E-state index >= 15 is 0 Å². The van der Waals surface area contributed by atoms with Crippen LogP contribution in [0.2, 0.25) is 0 Å². The zero-order valence-corrected chi connectivity index (χ0v) is 11.6. The molecule has 0 aliphatic carbocycles. The van der Waals surface area contributed by atoms with E-state index < -0.39 is 0 Å². The van der Waals surface area contributed by atoms with Gasteiger partial charge in [-0.1, -0.05) is 13.0 Å². The molecule has 0 saturated heterocycles. The molecule has 1 unspecified atom stereocenters. The second kappa shape index (κ2) is 8.19. The van der Waals surface area contributed by atoms with Gasteiger partial charge in [-0.2, -0.15) is 0 Å². The Labute approximate surface area is 114 Å². The molecule has 0 saturated carbocycles. The highest BCUT2D eigenvalue weighted by atomic mass is 16.5. The summed E-state index contributed by atoms with van der Waals surface area (Å²) in [4.78, 5) is 11.7. The minimum Gasteiger partial charge on any atom is -0.494 e. The van der Waals surface area contributed by atoms with E-state index in [9.17, 15) is 4.79 Å². The number of hydrogen-bond donors (Lipinski definition) is 2. The Morgan fingerprint density at radius 1 is 1.42 bits per heavy atom. The van der Waals surface area contributed by atoms with E-state index in [1.807, 2.05) is 31.2 Å². The molecule has 0 spiro atoms. The maximum Gasteiger partial charge on any atom is 0.242 e. The van der Waals surface area contributed by atoms with Crippen molar-refractivity contribution in [2.24, 2.45) is 0 Å². The van der Waals surface area contributed by atoms with Gasteiger partial charge in [-0.15, -0.1) is 6.58 Å². The molecule has 4 nitrogen and oxygen atoms in total. The van der Waals surface area contributed by atoms with Gasteiger partial charge in [0, 0.05) is 12.2 Å². The van der Waals surface area contributed by atoms with Crippen molar-refractivity contribution in [3.63, 3.8) is 0 Å². The van der Waals surface area contributed by atoms with Crippen molar-refractivity contribution in [1.29, 1.82) is 0 Å². The van der Waals surface area contributed by atoms with Gasteiger partial charge in [0.2, 0.25) is 5.91 Å². The lowest BCUT2D eigenvalue weighted by Crippen LogP contribution is -2.37.